The Kier molecular flexibility index (Phi) is 5.22. The van der Waals surface area contributed by atoms with Gasteiger partial charge in [0.05, 0.1) is 13.2 Å². The second-order valence-electron chi connectivity index (χ2n) is 4.79. The number of ether oxygens (including phenoxy) is 1. The number of carbonyl (C=O) groups is 1. The van der Waals surface area contributed by atoms with E-state index in [1.165, 1.54) is 0 Å². The van der Waals surface area contributed by atoms with Gasteiger partial charge in [0.15, 0.2) is 0 Å². The highest BCUT2D eigenvalue weighted by atomic mass is 35.5. The first kappa shape index (κ1) is 15.8. The number of amides is 1. The molecule has 3 rings (SSSR count). The average molecular weight is 325 g/mol. The highest BCUT2D eigenvalue weighted by Crippen LogP contribution is 2.25. The first-order valence-electron chi connectivity index (χ1n) is 6.52. The number of nitrogen functional groups attached to an aromatic ring is 1. The number of nitrogens with zero attached hydrogens (tertiary/aromatic N) is 1. The molecule has 0 spiro atoms. The van der Waals surface area contributed by atoms with Crippen molar-refractivity contribution in [1.82, 2.24) is 4.90 Å². The molecule has 1 aliphatic rings. The molecule has 1 atom stereocenters. The second kappa shape index (κ2) is 6.93. The molecule has 6 heteroatoms. The number of morpholine rings is 1. The molecule has 2 heterocycles. The second-order valence-corrected chi connectivity index (χ2v) is 5.57. The van der Waals surface area contributed by atoms with E-state index in [1.807, 2.05) is 16.3 Å². The van der Waals surface area contributed by atoms with Gasteiger partial charge in [-0.1, -0.05) is 6.07 Å². The van der Waals surface area contributed by atoms with Crippen molar-refractivity contribution in [2.45, 2.75) is 6.10 Å². The van der Waals surface area contributed by atoms with Crippen LogP contribution in [0.2, 0.25) is 0 Å². The quantitative estimate of drug-likeness (QED) is 0.864. The van der Waals surface area contributed by atoms with Crippen molar-refractivity contribution in [3.63, 3.8) is 0 Å². The van der Waals surface area contributed by atoms with Gasteiger partial charge in [-0.2, -0.15) is 11.3 Å². The maximum absolute atomic E-state index is 12.5. The molecule has 0 radical (unpaired) electrons. The van der Waals surface area contributed by atoms with Crippen LogP contribution in [0.5, 0.6) is 0 Å². The fraction of sp³-hybridized carbons (Fsp3) is 0.267. The first-order valence-corrected chi connectivity index (χ1v) is 7.47. The van der Waals surface area contributed by atoms with Gasteiger partial charge in [-0.05, 0) is 40.6 Å². The lowest BCUT2D eigenvalue weighted by atomic mass is 10.1. The number of anilines is 1. The van der Waals surface area contributed by atoms with E-state index in [4.69, 9.17) is 10.5 Å². The molecule has 1 aromatic carbocycles. The van der Waals surface area contributed by atoms with Crippen LogP contribution < -0.4 is 5.73 Å². The highest BCUT2D eigenvalue weighted by Gasteiger charge is 2.26. The standard InChI is InChI=1S/C15H16N2O2S.ClH/c16-13-3-1-2-11(8-13)15(18)17-5-6-19-14(9-17)12-4-7-20-10-12;/h1-4,7-8,10,14H,5-6,9,16H2;1H. The Morgan fingerprint density at radius 3 is 2.95 bits per heavy atom. The summed E-state index contributed by atoms with van der Waals surface area (Å²) in [5, 5.41) is 4.09. The maximum atomic E-state index is 12.5. The van der Waals surface area contributed by atoms with Gasteiger partial charge < -0.3 is 15.4 Å². The van der Waals surface area contributed by atoms with E-state index < -0.39 is 0 Å². The Morgan fingerprint density at radius 1 is 1.38 bits per heavy atom. The van der Waals surface area contributed by atoms with Crippen molar-refractivity contribution in [3.8, 4) is 0 Å². The summed E-state index contributed by atoms with van der Waals surface area (Å²) < 4.78 is 5.75. The number of nitrogens with two attached hydrogens (primary N) is 1. The predicted molar refractivity (Wildman–Crippen MR) is 87.0 cm³/mol. The number of halogens is 1. The molecule has 1 saturated heterocycles. The number of benzene rings is 1. The van der Waals surface area contributed by atoms with Crippen molar-refractivity contribution in [3.05, 3.63) is 52.2 Å². The third kappa shape index (κ3) is 3.56. The van der Waals surface area contributed by atoms with Crippen molar-refractivity contribution in [1.29, 1.82) is 0 Å². The van der Waals surface area contributed by atoms with Gasteiger partial charge in [0.2, 0.25) is 0 Å². The number of hydrogen-bond donors (Lipinski definition) is 1. The van der Waals surface area contributed by atoms with E-state index >= 15 is 0 Å². The third-order valence-electron chi connectivity index (χ3n) is 3.40. The molecule has 2 aromatic rings. The van der Waals surface area contributed by atoms with Crippen molar-refractivity contribution in [2.75, 3.05) is 25.4 Å². The summed E-state index contributed by atoms with van der Waals surface area (Å²) >= 11 is 1.64. The molecule has 1 fully saturated rings. The van der Waals surface area contributed by atoms with Gasteiger partial charge in [-0.25, -0.2) is 0 Å². The summed E-state index contributed by atoms with van der Waals surface area (Å²) in [5.74, 6) is 0.0147. The van der Waals surface area contributed by atoms with Crippen LogP contribution >= 0.6 is 23.7 Å². The summed E-state index contributed by atoms with van der Waals surface area (Å²) in [7, 11) is 0. The Hall–Kier alpha value is -1.56. The smallest absolute Gasteiger partial charge is 0.254 e. The Bertz CT molecular complexity index is 603. The zero-order valence-electron chi connectivity index (χ0n) is 11.4. The summed E-state index contributed by atoms with van der Waals surface area (Å²) in [6.45, 7) is 1.77. The van der Waals surface area contributed by atoms with E-state index in [2.05, 4.69) is 5.38 Å². The fourth-order valence-electron chi connectivity index (χ4n) is 2.35. The number of thiophene rings is 1. The largest absolute Gasteiger partial charge is 0.399 e. The molecular weight excluding hydrogens is 308 g/mol. The molecule has 112 valence electrons. The zero-order chi connectivity index (χ0) is 13.9. The van der Waals surface area contributed by atoms with Crippen LogP contribution in [0.25, 0.3) is 0 Å². The SMILES string of the molecule is Cl.Nc1cccc(C(=O)N2CCOC(c3ccsc3)C2)c1. The molecule has 2 N–H and O–H groups in total. The lowest BCUT2D eigenvalue weighted by molar-refractivity contribution is -0.0226. The molecular formula is C15H17ClN2O2S. The van der Waals surface area contributed by atoms with Crippen molar-refractivity contribution >= 4 is 35.3 Å². The van der Waals surface area contributed by atoms with Gasteiger partial charge >= 0.3 is 0 Å². The average Bonchev–Trinajstić information content (AvgIpc) is 3.01. The maximum Gasteiger partial charge on any atom is 0.254 e. The van der Waals surface area contributed by atoms with Crippen LogP contribution in [0.1, 0.15) is 22.0 Å². The molecule has 0 bridgehead atoms. The summed E-state index contributed by atoms with van der Waals surface area (Å²) in [6, 6.07) is 9.15. The molecule has 21 heavy (non-hydrogen) atoms. The fourth-order valence-corrected chi connectivity index (χ4v) is 3.05. The zero-order valence-corrected chi connectivity index (χ0v) is 13.0. The Morgan fingerprint density at radius 2 is 2.24 bits per heavy atom. The number of hydrogen-bond acceptors (Lipinski definition) is 4. The summed E-state index contributed by atoms with van der Waals surface area (Å²) in [5.41, 5.74) is 8.12. The van der Waals surface area contributed by atoms with Crippen molar-refractivity contribution in [2.24, 2.45) is 0 Å². The summed E-state index contributed by atoms with van der Waals surface area (Å²) in [6.07, 6.45) is -0.0278. The minimum atomic E-state index is -0.0278. The van der Waals surface area contributed by atoms with Gasteiger partial charge in [0, 0.05) is 17.8 Å². The Labute approximate surface area is 133 Å². The van der Waals surface area contributed by atoms with Gasteiger partial charge in [0.1, 0.15) is 6.10 Å². The monoisotopic (exact) mass is 324 g/mol. The minimum absolute atomic E-state index is 0. The molecule has 1 aliphatic heterocycles. The van der Waals surface area contributed by atoms with Crippen LogP contribution in [0.4, 0.5) is 5.69 Å². The van der Waals surface area contributed by atoms with Gasteiger partial charge in [-0.15, -0.1) is 12.4 Å². The predicted octanol–water partition coefficient (Wildman–Crippen LogP) is 2.97. The van der Waals surface area contributed by atoms with Crippen LogP contribution in [0.15, 0.2) is 41.1 Å². The normalized spacial score (nSPS) is 18.1. The first-order chi connectivity index (χ1) is 9.74. The lowest BCUT2D eigenvalue weighted by Crippen LogP contribution is -2.42. The van der Waals surface area contributed by atoms with E-state index in [0.29, 0.717) is 30.9 Å². The van der Waals surface area contributed by atoms with E-state index in [9.17, 15) is 4.79 Å². The van der Waals surface area contributed by atoms with Crippen LogP contribution in [-0.4, -0.2) is 30.5 Å². The number of carbonyl (C=O) groups excluding carboxylic acids is 1. The van der Waals surface area contributed by atoms with Crippen LogP contribution in [0.3, 0.4) is 0 Å². The minimum Gasteiger partial charge on any atom is -0.399 e. The Balaban J connectivity index is 0.00000161. The van der Waals surface area contributed by atoms with Crippen molar-refractivity contribution < 1.29 is 9.53 Å². The molecule has 1 aromatic heterocycles. The molecule has 0 aliphatic carbocycles. The molecule has 1 amide bonds. The van der Waals surface area contributed by atoms with Gasteiger partial charge in [0.25, 0.3) is 5.91 Å². The molecule has 1 unspecified atom stereocenters. The third-order valence-corrected chi connectivity index (χ3v) is 4.10. The highest BCUT2D eigenvalue weighted by molar-refractivity contribution is 7.07. The summed E-state index contributed by atoms with van der Waals surface area (Å²) in [4.78, 5) is 14.3. The number of rotatable bonds is 2. The lowest BCUT2D eigenvalue weighted by Gasteiger charge is -2.32. The van der Waals surface area contributed by atoms with Crippen LogP contribution in [0, 0.1) is 0 Å². The van der Waals surface area contributed by atoms with Crippen LogP contribution in [-0.2, 0) is 4.74 Å². The topological polar surface area (TPSA) is 55.6 Å². The molecule has 4 nitrogen and oxygen atoms in total. The van der Waals surface area contributed by atoms with E-state index in [0.717, 1.165) is 5.56 Å². The van der Waals surface area contributed by atoms with E-state index in [1.54, 1.807) is 35.6 Å². The van der Waals surface area contributed by atoms with Gasteiger partial charge in [-0.3, -0.25) is 4.79 Å². The molecule has 0 saturated carbocycles. The van der Waals surface area contributed by atoms with E-state index in [-0.39, 0.29) is 24.4 Å².